The van der Waals surface area contributed by atoms with Crippen LogP contribution in [0.3, 0.4) is 0 Å². The van der Waals surface area contributed by atoms with Crippen LogP contribution in [0.25, 0.3) is 5.57 Å². The van der Waals surface area contributed by atoms with Crippen LogP contribution in [-0.4, -0.2) is 53.0 Å². The SMILES string of the molecule is CC1CN(C2=C(c3ccc(F)cc3)C(=O)N(C3CCCCCC3)C2=O)CC(C)O1. The standard InChI is InChI=1S/C23H29FN2O3/c1-15-13-25(14-16(2)29-15)21-20(17-9-11-18(24)12-10-17)22(27)26(23(21)28)19-7-5-3-4-6-8-19/h9-12,15-16,19H,3-8,13-14H2,1-2H3. The maximum atomic E-state index is 13.6. The highest BCUT2D eigenvalue weighted by Gasteiger charge is 2.45. The van der Waals surface area contributed by atoms with E-state index in [0.29, 0.717) is 29.9 Å². The molecule has 6 heteroatoms. The number of nitrogens with zero attached hydrogens (tertiary/aromatic N) is 2. The maximum Gasteiger partial charge on any atom is 0.278 e. The van der Waals surface area contributed by atoms with Gasteiger partial charge in [-0.2, -0.15) is 0 Å². The van der Waals surface area contributed by atoms with Crippen molar-refractivity contribution >= 4 is 17.4 Å². The topological polar surface area (TPSA) is 49.9 Å². The number of carbonyl (C=O) groups excluding carboxylic acids is 2. The third kappa shape index (κ3) is 3.95. The van der Waals surface area contributed by atoms with Gasteiger partial charge < -0.3 is 9.64 Å². The second-order valence-electron chi connectivity index (χ2n) is 8.52. The smallest absolute Gasteiger partial charge is 0.278 e. The van der Waals surface area contributed by atoms with Crippen molar-refractivity contribution in [3.8, 4) is 0 Å². The zero-order valence-electron chi connectivity index (χ0n) is 17.2. The van der Waals surface area contributed by atoms with Crippen LogP contribution in [0.4, 0.5) is 4.39 Å². The second-order valence-corrected chi connectivity index (χ2v) is 8.52. The summed E-state index contributed by atoms with van der Waals surface area (Å²) in [6, 6.07) is 5.83. The molecule has 1 aliphatic carbocycles. The van der Waals surface area contributed by atoms with Crippen molar-refractivity contribution in [3.63, 3.8) is 0 Å². The summed E-state index contributed by atoms with van der Waals surface area (Å²) in [5.41, 5.74) is 1.45. The molecular formula is C23H29FN2O3. The van der Waals surface area contributed by atoms with Crippen LogP contribution >= 0.6 is 0 Å². The van der Waals surface area contributed by atoms with Crippen LogP contribution in [0.5, 0.6) is 0 Å². The van der Waals surface area contributed by atoms with Gasteiger partial charge in [0, 0.05) is 19.1 Å². The molecule has 2 amide bonds. The van der Waals surface area contributed by atoms with E-state index in [4.69, 9.17) is 4.74 Å². The molecule has 29 heavy (non-hydrogen) atoms. The van der Waals surface area contributed by atoms with Gasteiger partial charge in [0.15, 0.2) is 0 Å². The van der Waals surface area contributed by atoms with Gasteiger partial charge in [-0.3, -0.25) is 14.5 Å². The van der Waals surface area contributed by atoms with Gasteiger partial charge in [0.25, 0.3) is 11.8 Å². The molecule has 0 N–H and O–H groups in total. The lowest BCUT2D eigenvalue weighted by Crippen LogP contribution is -2.48. The molecule has 1 saturated heterocycles. The Kier molecular flexibility index (Phi) is 5.72. The molecular weight excluding hydrogens is 371 g/mol. The minimum absolute atomic E-state index is 0.0319. The molecule has 2 atom stereocenters. The average Bonchev–Trinajstić information content (AvgIpc) is 2.83. The van der Waals surface area contributed by atoms with Crippen LogP contribution < -0.4 is 0 Å². The van der Waals surface area contributed by atoms with Crippen molar-refractivity contribution in [2.24, 2.45) is 0 Å². The highest BCUT2D eigenvalue weighted by molar-refractivity contribution is 6.35. The molecule has 2 fully saturated rings. The molecule has 2 aliphatic heterocycles. The molecule has 1 aromatic carbocycles. The van der Waals surface area contributed by atoms with Crippen molar-refractivity contribution in [1.29, 1.82) is 0 Å². The lowest BCUT2D eigenvalue weighted by molar-refractivity contribution is -0.141. The van der Waals surface area contributed by atoms with Gasteiger partial charge in [0.2, 0.25) is 0 Å². The zero-order valence-corrected chi connectivity index (χ0v) is 17.2. The molecule has 2 unspecified atom stereocenters. The van der Waals surface area contributed by atoms with E-state index in [1.165, 1.54) is 17.0 Å². The molecule has 156 valence electrons. The average molecular weight is 400 g/mol. The van der Waals surface area contributed by atoms with Gasteiger partial charge in [-0.15, -0.1) is 0 Å². The highest BCUT2D eigenvalue weighted by atomic mass is 19.1. The molecule has 2 heterocycles. The molecule has 5 nitrogen and oxygen atoms in total. The van der Waals surface area contributed by atoms with Crippen LogP contribution in [0.2, 0.25) is 0 Å². The number of halogens is 1. The van der Waals surface area contributed by atoms with Gasteiger partial charge in [-0.25, -0.2) is 4.39 Å². The van der Waals surface area contributed by atoms with E-state index in [2.05, 4.69) is 0 Å². The summed E-state index contributed by atoms with van der Waals surface area (Å²) in [7, 11) is 0. The summed E-state index contributed by atoms with van der Waals surface area (Å²) in [4.78, 5) is 30.6. The third-order valence-corrected chi connectivity index (χ3v) is 6.15. The molecule has 1 aromatic rings. The number of benzene rings is 1. The van der Waals surface area contributed by atoms with E-state index in [0.717, 1.165) is 38.5 Å². The fourth-order valence-corrected chi connectivity index (χ4v) is 4.91. The van der Waals surface area contributed by atoms with Crippen LogP contribution in [-0.2, 0) is 14.3 Å². The zero-order chi connectivity index (χ0) is 20.5. The summed E-state index contributed by atoms with van der Waals surface area (Å²) in [5.74, 6) is -0.806. The Bertz CT molecular complexity index is 802. The first-order valence-electron chi connectivity index (χ1n) is 10.7. The molecule has 0 radical (unpaired) electrons. The predicted molar refractivity (Wildman–Crippen MR) is 108 cm³/mol. The van der Waals surface area contributed by atoms with E-state index >= 15 is 0 Å². The largest absolute Gasteiger partial charge is 0.372 e. The Morgan fingerprint density at radius 2 is 1.48 bits per heavy atom. The number of imide groups is 1. The summed E-state index contributed by atoms with van der Waals surface area (Å²) in [5, 5.41) is 0. The van der Waals surface area contributed by atoms with Gasteiger partial charge in [0.05, 0.1) is 17.8 Å². The monoisotopic (exact) mass is 400 g/mol. The number of amides is 2. The fourth-order valence-electron chi connectivity index (χ4n) is 4.91. The third-order valence-electron chi connectivity index (χ3n) is 6.15. The number of carbonyl (C=O) groups is 2. The Hall–Kier alpha value is -2.21. The van der Waals surface area contributed by atoms with E-state index in [1.807, 2.05) is 18.7 Å². The van der Waals surface area contributed by atoms with Crippen molar-refractivity contribution in [2.45, 2.75) is 70.6 Å². The highest BCUT2D eigenvalue weighted by Crippen LogP contribution is 2.36. The molecule has 0 spiro atoms. The first-order valence-corrected chi connectivity index (χ1v) is 10.7. The second kappa shape index (κ2) is 8.27. The Labute approximate surface area is 171 Å². The predicted octanol–water partition coefficient (Wildman–Crippen LogP) is 3.74. The van der Waals surface area contributed by atoms with Crippen molar-refractivity contribution in [1.82, 2.24) is 9.80 Å². The molecule has 3 aliphatic rings. The molecule has 0 bridgehead atoms. The lowest BCUT2D eigenvalue weighted by atomic mass is 10.0. The van der Waals surface area contributed by atoms with Gasteiger partial charge in [0.1, 0.15) is 11.5 Å². The summed E-state index contributed by atoms with van der Waals surface area (Å²) < 4.78 is 19.3. The van der Waals surface area contributed by atoms with E-state index < -0.39 is 0 Å². The molecule has 0 aromatic heterocycles. The van der Waals surface area contributed by atoms with Gasteiger partial charge >= 0.3 is 0 Å². The lowest BCUT2D eigenvalue weighted by Gasteiger charge is -2.37. The number of ether oxygens (including phenoxy) is 1. The summed E-state index contributed by atoms with van der Waals surface area (Å²) >= 11 is 0. The quantitative estimate of drug-likeness (QED) is 0.573. The van der Waals surface area contributed by atoms with Crippen molar-refractivity contribution in [2.75, 3.05) is 13.1 Å². The van der Waals surface area contributed by atoms with E-state index in [9.17, 15) is 14.0 Å². The summed E-state index contributed by atoms with van der Waals surface area (Å²) in [6.45, 7) is 5.07. The Balaban J connectivity index is 1.75. The van der Waals surface area contributed by atoms with Gasteiger partial charge in [-0.1, -0.05) is 37.8 Å². The van der Waals surface area contributed by atoms with E-state index in [1.54, 1.807) is 12.1 Å². The minimum atomic E-state index is -0.359. The normalized spacial score (nSPS) is 27.0. The molecule has 4 rings (SSSR count). The van der Waals surface area contributed by atoms with Crippen molar-refractivity contribution in [3.05, 3.63) is 41.3 Å². The first-order chi connectivity index (χ1) is 14.0. The number of rotatable bonds is 3. The number of hydrogen-bond acceptors (Lipinski definition) is 4. The summed E-state index contributed by atoms with van der Waals surface area (Å²) in [6.07, 6.45) is 6.02. The van der Waals surface area contributed by atoms with Gasteiger partial charge in [-0.05, 0) is 44.4 Å². The molecule has 1 saturated carbocycles. The van der Waals surface area contributed by atoms with Crippen molar-refractivity contribution < 1.29 is 18.7 Å². The Morgan fingerprint density at radius 3 is 2.07 bits per heavy atom. The van der Waals surface area contributed by atoms with E-state index in [-0.39, 0.29) is 35.9 Å². The number of hydrogen-bond donors (Lipinski definition) is 0. The van der Waals surface area contributed by atoms with Crippen LogP contribution in [0, 0.1) is 5.82 Å². The fraction of sp³-hybridized carbons (Fsp3) is 0.565. The van der Waals surface area contributed by atoms with Crippen LogP contribution in [0.15, 0.2) is 30.0 Å². The minimum Gasteiger partial charge on any atom is -0.372 e. The maximum absolute atomic E-state index is 13.6. The first kappa shape index (κ1) is 20.1. The Morgan fingerprint density at radius 1 is 0.897 bits per heavy atom. The number of morpholine rings is 1. The van der Waals surface area contributed by atoms with Crippen LogP contribution in [0.1, 0.15) is 57.9 Å².